The fraction of sp³-hybridized carbons (Fsp3) is 0.348. The fourth-order valence-electron chi connectivity index (χ4n) is 3.93. The van der Waals surface area contributed by atoms with Gasteiger partial charge in [0.1, 0.15) is 5.69 Å². The van der Waals surface area contributed by atoms with Crippen LogP contribution < -0.4 is 10.6 Å². The molecule has 0 aliphatic heterocycles. The SMILES string of the molecule is COCCNC(=O)[C@H]1C[C@H](NC(=O)c2ccccn2)[C@H](c2nc(-c3ccccc3)no2)C1. The summed E-state index contributed by atoms with van der Waals surface area (Å²) in [6.07, 6.45) is 2.52. The zero-order valence-corrected chi connectivity index (χ0v) is 17.7. The summed E-state index contributed by atoms with van der Waals surface area (Å²) in [5.41, 5.74) is 1.15. The Balaban J connectivity index is 1.53. The molecular formula is C23H25N5O4. The summed E-state index contributed by atoms with van der Waals surface area (Å²) in [5, 5.41) is 9.99. The van der Waals surface area contributed by atoms with Gasteiger partial charge in [-0.1, -0.05) is 41.6 Å². The number of nitrogens with one attached hydrogen (secondary N) is 2. The molecule has 2 N–H and O–H groups in total. The van der Waals surface area contributed by atoms with Gasteiger partial charge in [-0.15, -0.1) is 0 Å². The number of amides is 2. The normalized spacial score (nSPS) is 20.1. The molecule has 1 aliphatic carbocycles. The largest absolute Gasteiger partial charge is 0.383 e. The molecule has 32 heavy (non-hydrogen) atoms. The fourth-order valence-corrected chi connectivity index (χ4v) is 3.93. The van der Waals surface area contributed by atoms with Crippen LogP contribution in [0.5, 0.6) is 0 Å². The zero-order valence-electron chi connectivity index (χ0n) is 17.7. The molecular weight excluding hydrogens is 410 g/mol. The summed E-state index contributed by atoms with van der Waals surface area (Å²) in [6.45, 7) is 0.867. The number of methoxy groups -OCH3 is 1. The van der Waals surface area contributed by atoms with Crippen LogP contribution in [0.15, 0.2) is 59.3 Å². The monoisotopic (exact) mass is 435 g/mol. The van der Waals surface area contributed by atoms with Gasteiger partial charge in [0.25, 0.3) is 5.91 Å². The molecule has 0 bridgehead atoms. The zero-order chi connectivity index (χ0) is 22.3. The highest BCUT2D eigenvalue weighted by atomic mass is 16.5. The maximum Gasteiger partial charge on any atom is 0.270 e. The van der Waals surface area contributed by atoms with E-state index in [2.05, 4.69) is 25.8 Å². The minimum atomic E-state index is -0.341. The average molecular weight is 435 g/mol. The number of hydrogen-bond donors (Lipinski definition) is 2. The van der Waals surface area contributed by atoms with Gasteiger partial charge in [-0.05, 0) is 25.0 Å². The molecule has 1 saturated carbocycles. The van der Waals surface area contributed by atoms with Crippen molar-refractivity contribution in [1.29, 1.82) is 0 Å². The molecule has 0 spiro atoms. The molecule has 0 unspecified atom stereocenters. The lowest BCUT2D eigenvalue weighted by Crippen LogP contribution is -2.38. The first-order valence-corrected chi connectivity index (χ1v) is 10.5. The molecule has 1 fully saturated rings. The lowest BCUT2D eigenvalue weighted by Gasteiger charge is -2.17. The summed E-state index contributed by atoms with van der Waals surface area (Å²) >= 11 is 0. The van der Waals surface area contributed by atoms with Crippen molar-refractivity contribution in [3.05, 3.63) is 66.3 Å². The Labute approximate surface area is 185 Å². The van der Waals surface area contributed by atoms with Crippen molar-refractivity contribution in [2.45, 2.75) is 24.8 Å². The Morgan fingerprint density at radius 2 is 1.94 bits per heavy atom. The topological polar surface area (TPSA) is 119 Å². The van der Waals surface area contributed by atoms with Crippen LogP contribution in [0.3, 0.4) is 0 Å². The Bertz CT molecular complexity index is 1040. The highest BCUT2D eigenvalue weighted by molar-refractivity contribution is 5.92. The molecule has 2 heterocycles. The van der Waals surface area contributed by atoms with E-state index in [4.69, 9.17) is 9.26 Å². The van der Waals surface area contributed by atoms with Gasteiger partial charge in [-0.2, -0.15) is 4.98 Å². The van der Waals surface area contributed by atoms with Gasteiger partial charge in [0.2, 0.25) is 17.6 Å². The first kappa shape index (κ1) is 21.6. The molecule has 3 atom stereocenters. The van der Waals surface area contributed by atoms with Crippen molar-refractivity contribution in [3.63, 3.8) is 0 Å². The van der Waals surface area contributed by atoms with Gasteiger partial charge in [-0.3, -0.25) is 14.6 Å². The number of carbonyl (C=O) groups excluding carboxylic acids is 2. The number of hydrogen-bond acceptors (Lipinski definition) is 7. The third-order valence-electron chi connectivity index (χ3n) is 5.54. The summed E-state index contributed by atoms with van der Waals surface area (Å²) in [7, 11) is 1.58. The van der Waals surface area contributed by atoms with Crippen molar-refractivity contribution in [2.75, 3.05) is 20.3 Å². The average Bonchev–Trinajstić information content (AvgIpc) is 3.48. The van der Waals surface area contributed by atoms with E-state index in [1.807, 2.05) is 30.3 Å². The molecule has 3 aromatic rings. The Morgan fingerprint density at radius 3 is 2.69 bits per heavy atom. The van der Waals surface area contributed by atoms with Gasteiger partial charge >= 0.3 is 0 Å². The first-order valence-electron chi connectivity index (χ1n) is 10.5. The van der Waals surface area contributed by atoms with Gasteiger partial charge < -0.3 is 19.9 Å². The van der Waals surface area contributed by atoms with Gasteiger partial charge in [0.15, 0.2) is 0 Å². The van der Waals surface area contributed by atoms with Crippen LogP contribution in [-0.2, 0) is 9.53 Å². The Morgan fingerprint density at radius 1 is 1.12 bits per heavy atom. The number of pyridine rings is 1. The van der Waals surface area contributed by atoms with Crippen LogP contribution in [0.1, 0.15) is 35.1 Å². The maximum absolute atomic E-state index is 12.7. The number of aromatic nitrogens is 3. The van der Waals surface area contributed by atoms with Crippen LogP contribution in [0.2, 0.25) is 0 Å². The summed E-state index contributed by atoms with van der Waals surface area (Å²) in [5.74, 6) is -0.0807. The number of carbonyl (C=O) groups is 2. The second-order valence-corrected chi connectivity index (χ2v) is 7.68. The van der Waals surface area contributed by atoms with E-state index in [9.17, 15) is 9.59 Å². The smallest absolute Gasteiger partial charge is 0.270 e. The number of benzene rings is 1. The van der Waals surface area contributed by atoms with E-state index in [-0.39, 0.29) is 29.7 Å². The third-order valence-corrected chi connectivity index (χ3v) is 5.54. The third kappa shape index (κ3) is 5.00. The highest BCUT2D eigenvalue weighted by Crippen LogP contribution is 2.39. The standard InChI is InChI=1S/C23H25N5O4/c1-31-12-11-25-21(29)16-13-17(19(14-16)26-22(30)18-9-5-6-10-24-18)23-27-20(28-32-23)15-7-3-2-4-8-15/h2-10,16-17,19H,11-14H2,1H3,(H,25,29)(H,26,30)/t16-,17-,19+/m1/s1. The van der Waals surface area contributed by atoms with Crippen LogP contribution in [-0.4, -0.2) is 53.2 Å². The van der Waals surface area contributed by atoms with Crippen molar-refractivity contribution in [3.8, 4) is 11.4 Å². The molecule has 4 rings (SSSR count). The lowest BCUT2D eigenvalue weighted by molar-refractivity contribution is -0.125. The van der Waals surface area contributed by atoms with E-state index in [0.717, 1.165) is 5.56 Å². The molecule has 9 heteroatoms. The van der Waals surface area contributed by atoms with E-state index in [0.29, 0.717) is 43.4 Å². The maximum atomic E-state index is 12.7. The second-order valence-electron chi connectivity index (χ2n) is 7.68. The predicted molar refractivity (Wildman–Crippen MR) is 116 cm³/mol. The molecule has 0 radical (unpaired) electrons. The summed E-state index contributed by atoms with van der Waals surface area (Å²) < 4.78 is 10.6. The first-order chi connectivity index (χ1) is 15.7. The van der Waals surface area contributed by atoms with Gasteiger partial charge in [0, 0.05) is 37.4 Å². The van der Waals surface area contributed by atoms with Crippen LogP contribution in [0, 0.1) is 5.92 Å². The minimum Gasteiger partial charge on any atom is -0.383 e. The number of rotatable bonds is 8. The molecule has 2 amide bonds. The molecule has 2 aromatic heterocycles. The Kier molecular flexibility index (Phi) is 6.86. The Hall–Kier alpha value is -3.59. The van der Waals surface area contributed by atoms with Gasteiger partial charge in [-0.25, -0.2) is 0 Å². The molecule has 166 valence electrons. The molecule has 0 saturated heterocycles. The van der Waals surface area contributed by atoms with Crippen molar-refractivity contribution in [2.24, 2.45) is 5.92 Å². The predicted octanol–water partition coefficient (Wildman–Crippen LogP) is 2.19. The van der Waals surface area contributed by atoms with E-state index in [1.54, 1.807) is 31.5 Å². The summed E-state index contributed by atoms with van der Waals surface area (Å²) in [4.78, 5) is 34.1. The van der Waals surface area contributed by atoms with Crippen LogP contribution >= 0.6 is 0 Å². The van der Waals surface area contributed by atoms with Crippen LogP contribution in [0.4, 0.5) is 0 Å². The van der Waals surface area contributed by atoms with Gasteiger partial charge in [0.05, 0.1) is 12.5 Å². The quantitative estimate of drug-likeness (QED) is 0.521. The number of ether oxygens (including phenoxy) is 1. The number of nitrogens with zero attached hydrogens (tertiary/aromatic N) is 3. The van der Waals surface area contributed by atoms with Crippen molar-refractivity contribution >= 4 is 11.8 Å². The molecule has 1 aliphatic rings. The van der Waals surface area contributed by atoms with Crippen molar-refractivity contribution in [1.82, 2.24) is 25.8 Å². The van der Waals surface area contributed by atoms with E-state index >= 15 is 0 Å². The van der Waals surface area contributed by atoms with E-state index in [1.165, 1.54) is 0 Å². The summed E-state index contributed by atoms with van der Waals surface area (Å²) in [6, 6.07) is 14.3. The second kappa shape index (κ2) is 10.1. The highest BCUT2D eigenvalue weighted by Gasteiger charge is 2.42. The minimum absolute atomic E-state index is 0.0792. The van der Waals surface area contributed by atoms with Crippen LogP contribution in [0.25, 0.3) is 11.4 Å². The molecule has 1 aromatic carbocycles. The van der Waals surface area contributed by atoms with E-state index < -0.39 is 0 Å². The van der Waals surface area contributed by atoms with Crippen molar-refractivity contribution < 1.29 is 18.8 Å². The lowest BCUT2D eigenvalue weighted by atomic mass is 10.0. The molecule has 9 nitrogen and oxygen atoms in total.